The Morgan fingerprint density at radius 3 is 2.59 bits per heavy atom. The molecule has 18 heteroatoms. The number of sulfonamides is 1. The van der Waals surface area contributed by atoms with Crippen molar-refractivity contribution in [1.29, 1.82) is 0 Å². The molecule has 5 heterocycles. The number of nitrogens with one attached hydrogen (secondary N) is 3. The van der Waals surface area contributed by atoms with Gasteiger partial charge in [0.15, 0.2) is 11.4 Å². The first-order valence-electron chi connectivity index (χ1n) is 21.5. The Labute approximate surface area is 376 Å². The fourth-order valence-corrected chi connectivity index (χ4v) is 10.1. The number of carbonyl (C=O) groups excluding carboxylic acids is 1. The van der Waals surface area contributed by atoms with Gasteiger partial charge in [-0.25, -0.2) is 18.1 Å². The standard InChI is InChI=1S/C46H51ClN8O8S/c1-46(2)12-9-31(39(23-46)29-3-5-32(47)6-4-29)25-52-15-17-54(18-16-52)34-7-8-38(41(20-34)63-36-19-30-10-13-48-44(30)49-24-36)45(57)51-64(60,61)37-21-40(55(58)59)43-42(22-37)62-28-33(50-43)11-14-53-26-35(56)27-53/h3-8,10,13,19-22,24,33,35,50,56H,9,11-12,14-18,23,25-28H2,1-2H3,(H,48,49)(H,51,57)/t33-/m1/s1. The van der Waals surface area contributed by atoms with Crippen molar-refractivity contribution in [3.8, 4) is 17.2 Å². The molecule has 4 aliphatic rings. The molecule has 1 amide bonds. The molecule has 64 heavy (non-hydrogen) atoms. The number of hydrogen-bond donors (Lipinski definition) is 4. The number of anilines is 2. The maximum absolute atomic E-state index is 14.0. The molecule has 9 rings (SSSR count). The van der Waals surface area contributed by atoms with Crippen molar-refractivity contribution in [2.75, 3.05) is 69.2 Å². The monoisotopic (exact) mass is 910 g/mol. The van der Waals surface area contributed by atoms with Crippen LogP contribution in [-0.4, -0.2) is 115 Å². The minimum absolute atomic E-state index is 0.0137. The van der Waals surface area contributed by atoms with E-state index in [9.17, 15) is 28.4 Å². The number of H-pyrrole nitrogens is 1. The predicted molar refractivity (Wildman–Crippen MR) is 245 cm³/mol. The van der Waals surface area contributed by atoms with Crippen LogP contribution in [-0.2, 0) is 10.0 Å². The van der Waals surface area contributed by atoms with Crippen LogP contribution in [0.25, 0.3) is 16.6 Å². The van der Waals surface area contributed by atoms with E-state index >= 15 is 0 Å². The number of pyridine rings is 1. The number of likely N-dealkylation sites (tertiary alicyclic amines) is 1. The number of benzene rings is 3. The lowest BCUT2D eigenvalue weighted by molar-refractivity contribution is -0.384. The van der Waals surface area contributed by atoms with E-state index in [1.54, 1.807) is 24.4 Å². The topological polar surface area (TPSA) is 195 Å². The van der Waals surface area contributed by atoms with Crippen molar-refractivity contribution in [2.24, 2.45) is 5.41 Å². The summed E-state index contributed by atoms with van der Waals surface area (Å²) >= 11 is 6.24. The van der Waals surface area contributed by atoms with Gasteiger partial charge in [-0.05, 0) is 78.6 Å². The Hall–Kier alpha value is -5.72. The molecule has 336 valence electrons. The van der Waals surface area contributed by atoms with Gasteiger partial charge < -0.3 is 29.8 Å². The number of fused-ring (bicyclic) bond motifs is 2. The van der Waals surface area contributed by atoms with Gasteiger partial charge >= 0.3 is 0 Å². The number of allylic oxidation sites excluding steroid dienone is 1. The van der Waals surface area contributed by atoms with Crippen molar-refractivity contribution < 1.29 is 32.7 Å². The molecule has 0 spiro atoms. The largest absolute Gasteiger partial charge is 0.489 e. The van der Waals surface area contributed by atoms with Gasteiger partial charge in [0.1, 0.15) is 23.8 Å². The van der Waals surface area contributed by atoms with Crippen molar-refractivity contribution in [1.82, 2.24) is 24.5 Å². The average molecular weight is 911 g/mol. The highest BCUT2D eigenvalue weighted by Gasteiger charge is 2.34. The quantitative estimate of drug-likeness (QED) is 0.0693. The Bertz CT molecular complexity index is 2730. The summed E-state index contributed by atoms with van der Waals surface area (Å²) in [6.45, 7) is 10.5. The number of nitro groups is 1. The lowest BCUT2D eigenvalue weighted by Crippen LogP contribution is -2.51. The average Bonchev–Trinajstić information content (AvgIpc) is 3.73. The first-order valence-corrected chi connectivity index (χ1v) is 23.4. The molecule has 0 radical (unpaired) electrons. The molecule has 1 aliphatic carbocycles. The zero-order valence-corrected chi connectivity index (χ0v) is 37.3. The van der Waals surface area contributed by atoms with Gasteiger partial charge in [-0.15, -0.1) is 0 Å². The molecule has 0 unspecified atom stereocenters. The highest BCUT2D eigenvalue weighted by atomic mass is 35.5. The van der Waals surface area contributed by atoms with E-state index in [2.05, 4.69) is 60.7 Å². The maximum Gasteiger partial charge on any atom is 0.297 e. The number of ether oxygens (including phenoxy) is 2. The zero-order chi connectivity index (χ0) is 44.8. The predicted octanol–water partition coefficient (Wildman–Crippen LogP) is 7.06. The van der Waals surface area contributed by atoms with E-state index in [-0.39, 0.29) is 46.9 Å². The number of carbonyl (C=O) groups is 1. The van der Waals surface area contributed by atoms with E-state index in [4.69, 9.17) is 21.1 Å². The van der Waals surface area contributed by atoms with Crippen LogP contribution in [0.3, 0.4) is 0 Å². The van der Waals surface area contributed by atoms with Crippen LogP contribution in [0.1, 0.15) is 55.5 Å². The number of amides is 1. The van der Waals surface area contributed by atoms with Crippen LogP contribution in [0.4, 0.5) is 17.1 Å². The van der Waals surface area contributed by atoms with E-state index < -0.39 is 31.4 Å². The third-order valence-corrected chi connectivity index (χ3v) is 14.2. The fraction of sp³-hybridized carbons (Fsp3) is 0.391. The smallest absolute Gasteiger partial charge is 0.297 e. The van der Waals surface area contributed by atoms with Crippen molar-refractivity contribution in [2.45, 2.75) is 56.6 Å². The minimum Gasteiger partial charge on any atom is -0.489 e. The summed E-state index contributed by atoms with van der Waals surface area (Å²) in [4.78, 5) is 39.3. The van der Waals surface area contributed by atoms with Gasteiger partial charge in [-0.2, -0.15) is 0 Å². The molecular formula is C46H51ClN8O8S. The number of piperazine rings is 1. The van der Waals surface area contributed by atoms with Gasteiger partial charge in [0.25, 0.3) is 21.6 Å². The summed E-state index contributed by atoms with van der Waals surface area (Å²) in [5.74, 6) is -0.560. The maximum atomic E-state index is 14.0. The lowest BCUT2D eigenvalue weighted by Gasteiger charge is -2.39. The lowest BCUT2D eigenvalue weighted by atomic mass is 9.72. The van der Waals surface area contributed by atoms with Gasteiger partial charge in [-0.1, -0.05) is 43.2 Å². The third kappa shape index (κ3) is 9.54. The first-order chi connectivity index (χ1) is 30.7. The van der Waals surface area contributed by atoms with Crippen molar-refractivity contribution in [3.05, 3.63) is 111 Å². The molecule has 1 atom stereocenters. The summed E-state index contributed by atoms with van der Waals surface area (Å²) in [5.41, 5.74) is 5.24. The second-order valence-electron chi connectivity index (χ2n) is 17.9. The van der Waals surface area contributed by atoms with Gasteiger partial charge in [0, 0.05) is 92.9 Å². The number of nitro benzene ring substituents is 1. The normalized spacial score (nSPS) is 19.4. The van der Waals surface area contributed by atoms with Crippen LogP contribution in [0.5, 0.6) is 17.2 Å². The van der Waals surface area contributed by atoms with Gasteiger partial charge in [-0.3, -0.25) is 24.7 Å². The number of aromatic nitrogens is 2. The van der Waals surface area contributed by atoms with Gasteiger partial charge in [0.2, 0.25) is 0 Å². The Kier molecular flexibility index (Phi) is 12.0. The number of aromatic amines is 1. The first kappa shape index (κ1) is 43.5. The second kappa shape index (κ2) is 17.7. The van der Waals surface area contributed by atoms with Crippen LogP contribution < -0.4 is 24.4 Å². The zero-order valence-electron chi connectivity index (χ0n) is 35.7. The molecule has 2 aromatic heterocycles. The van der Waals surface area contributed by atoms with Crippen LogP contribution in [0.2, 0.25) is 5.02 Å². The summed E-state index contributed by atoms with van der Waals surface area (Å²) < 4.78 is 42.1. The minimum atomic E-state index is -4.66. The number of β-amino-alcohol motifs (C(OH)–C–C–N with tert-alkyl or cyclic N) is 1. The Balaban J connectivity index is 0.931. The number of nitrogens with zero attached hydrogens (tertiary/aromatic N) is 5. The van der Waals surface area contributed by atoms with Crippen molar-refractivity contribution >= 4 is 61.2 Å². The van der Waals surface area contributed by atoms with Crippen molar-refractivity contribution in [3.63, 3.8) is 0 Å². The van der Waals surface area contributed by atoms with Crippen LogP contribution in [0.15, 0.2) is 89.6 Å². The Morgan fingerprint density at radius 2 is 1.84 bits per heavy atom. The Morgan fingerprint density at radius 1 is 1.06 bits per heavy atom. The number of hydrogen-bond acceptors (Lipinski definition) is 13. The number of aliphatic hydroxyl groups excluding tert-OH is 1. The molecule has 3 aliphatic heterocycles. The summed E-state index contributed by atoms with van der Waals surface area (Å²) in [5, 5.41) is 26.5. The van der Waals surface area contributed by atoms with Crippen LogP contribution >= 0.6 is 11.6 Å². The van der Waals surface area contributed by atoms with E-state index in [0.29, 0.717) is 50.5 Å². The highest BCUT2D eigenvalue weighted by molar-refractivity contribution is 7.90. The SMILES string of the molecule is CC1(C)CCC(CN2CCN(c3ccc(C(=O)NS(=O)(=O)c4cc5c(c([N+](=O)[O-])c4)N[C@H](CCN4CC(O)C4)CO5)c(Oc4cnc5[nH]ccc5c4)c3)CC2)=C(c2ccc(Cl)cc2)C1. The van der Waals surface area contributed by atoms with E-state index in [0.717, 1.165) is 61.1 Å². The molecule has 0 saturated carbocycles. The number of rotatable bonds is 13. The number of aliphatic hydroxyl groups is 1. The summed E-state index contributed by atoms with van der Waals surface area (Å²) in [7, 11) is -4.66. The molecule has 2 fully saturated rings. The van der Waals surface area contributed by atoms with Gasteiger partial charge in [0.05, 0.1) is 33.7 Å². The fourth-order valence-electron chi connectivity index (χ4n) is 9.01. The van der Waals surface area contributed by atoms with E-state index in [1.165, 1.54) is 35.0 Å². The molecule has 2 saturated heterocycles. The van der Waals surface area contributed by atoms with Crippen LogP contribution in [0, 0.1) is 15.5 Å². The van der Waals surface area contributed by atoms with E-state index in [1.807, 2.05) is 18.2 Å². The molecule has 0 bridgehead atoms. The highest BCUT2D eigenvalue weighted by Crippen LogP contribution is 2.44. The summed E-state index contributed by atoms with van der Waals surface area (Å²) in [6, 6.07) is 18.6. The molecular weight excluding hydrogens is 860 g/mol. The second-order valence-corrected chi connectivity index (χ2v) is 20.0. The summed E-state index contributed by atoms with van der Waals surface area (Å²) in [6.07, 6.45) is 6.69. The molecule has 4 N–H and O–H groups in total. The third-order valence-electron chi connectivity index (χ3n) is 12.7. The molecule has 3 aromatic carbocycles. The molecule has 16 nitrogen and oxygen atoms in total. The molecule has 5 aromatic rings. The number of halogens is 1.